The Morgan fingerprint density at radius 3 is 1.92 bits per heavy atom. The highest BCUT2D eigenvalue weighted by atomic mass is 14.7. The van der Waals surface area contributed by atoms with E-state index in [-0.39, 0.29) is 5.92 Å². The highest BCUT2D eigenvalue weighted by molar-refractivity contribution is 6.24. The lowest BCUT2D eigenvalue weighted by molar-refractivity contribution is 0.465. The lowest BCUT2D eigenvalue weighted by atomic mass is 9.79. The van der Waals surface area contributed by atoms with Gasteiger partial charge in [0.1, 0.15) is 0 Å². The first-order chi connectivity index (χ1) is 24.1. The molecule has 1 aliphatic rings. The van der Waals surface area contributed by atoms with Gasteiger partial charge in [0.2, 0.25) is 0 Å². The number of benzene rings is 5. The van der Waals surface area contributed by atoms with Gasteiger partial charge >= 0.3 is 0 Å². The van der Waals surface area contributed by atoms with Crippen molar-refractivity contribution in [1.29, 1.82) is 0 Å². The minimum atomic E-state index is 0.244. The minimum absolute atomic E-state index is 0.244. The number of hydrogen-bond donors (Lipinski definition) is 0. The SMILES string of the molecule is Cc1c2c(C3C=CCCC3C)nc3cc(-c4ccccc4)ccc3c2c(C)c2c(-c3ccccc3)nc3cc(-c4ccccn4)ccc3c12. The highest BCUT2D eigenvalue weighted by Crippen LogP contribution is 2.47. The summed E-state index contributed by atoms with van der Waals surface area (Å²) in [4.78, 5) is 15.7. The van der Waals surface area contributed by atoms with Crippen LogP contribution in [-0.4, -0.2) is 15.0 Å². The first kappa shape index (κ1) is 29.5. The standard InChI is InChI=1S/C46H37N3/c1-28-14-10-11-19-35(28)46-44-30(3)41-37-24-22-34(38-20-12-13-25-47-38)27-40(37)48-45(32-17-8-5-9-18-32)43(41)29(2)42(44)36-23-21-33(26-39(36)49-46)31-15-6-4-7-16-31/h4-9,11-13,15-28,35H,10,14H2,1-3H3. The van der Waals surface area contributed by atoms with Crippen molar-refractivity contribution in [2.75, 3.05) is 0 Å². The van der Waals surface area contributed by atoms with Crippen molar-refractivity contribution in [3.63, 3.8) is 0 Å². The average Bonchev–Trinajstić information content (AvgIpc) is 3.16. The van der Waals surface area contributed by atoms with Crippen LogP contribution in [0.1, 0.15) is 42.5 Å². The van der Waals surface area contributed by atoms with Crippen LogP contribution < -0.4 is 0 Å². The van der Waals surface area contributed by atoms with Crippen LogP contribution in [0.25, 0.3) is 77.0 Å². The van der Waals surface area contributed by atoms with E-state index in [1.165, 1.54) is 61.3 Å². The molecule has 9 rings (SSSR count). The van der Waals surface area contributed by atoms with Gasteiger partial charge in [-0.2, -0.15) is 0 Å². The fourth-order valence-electron chi connectivity index (χ4n) is 8.20. The van der Waals surface area contributed by atoms with Crippen LogP contribution in [0.5, 0.6) is 0 Å². The van der Waals surface area contributed by atoms with Crippen LogP contribution in [0.4, 0.5) is 0 Å². The van der Waals surface area contributed by atoms with Crippen LogP contribution in [0.15, 0.2) is 134 Å². The maximum absolute atomic E-state index is 5.61. The topological polar surface area (TPSA) is 38.7 Å². The Bertz CT molecular complexity index is 2570. The van der Waals surface area contributed by atoms with Gasteiger partial charge in [-0.05, 0) is 89.9 Å². The second-order valence-electron chi connectivity index (χ2n) is 13.6. The van der Waals surface area contributed by atoms with E-state index >= 15 is 0 Å². The third kappa shape index (κ3) is 4.84. The summed E-state index contributed by atoms with van der Waals surface area (Å²) < 4.78 is 0. The van der Waals surface area contributed by atoms with E-state index in [1.807, 2.05) is 18.3 Å². The average molecular weight is 632 g/mol. The van der Waals surface area contributed by atoms with Gasteiger partial charge in [0.15, 0.2) is 0 Å². The molecule has 5 aromatic carbocycles. The summed E-state index contributed by atoms with van der Waals surface area (Å²) in [6.07, 6.45) is 8.92. The Hall–Kier alpha value is -5.67. The normalized spacial score (nSPS) is 16.2. The molecule has 0 radical (unpaired) electrons. The monoisotopic (exact) mass is 631 g/mol. The highest BCUT2D eigenvalue weighted by Gasteiger charge is 2.28. The van der Waals surface area contributed by atoms with E-state index in [9.17, 15) is 0 Å². The molecule has 236 valence electrons. The molecule has 3 heterocycles. The molecule has 8 aromatic rings. The summed E-state index contributed by atoms with van der Waals surface area (Å²) in [5.74, 6) is 0.745. The molecule has 3 aromatic heterocycles. The van der Waals surface area contributed by atoms with Gasteiger partial charge in [-0.1, -0.05) is 110 Å². The van der Waals surface area contributed by atoms with Gasteiger partial charge in [0.05, 0.1) is 28.1 Å². The minimum Gasteiger partial charge on any atom is -0.256 e. The molecule has 3 heteroatoms. The molecule has 0 spiro atoms. The summed E-state index contributed by atoms with van der Waals surface area (Å²) in [6, 6.07) is 40.9. The van der Waals surface area contributed by atoms with Crippen molar-refractivity contribution in [2.24, 2.45) is 5.92 Å². The third-order valence-corrected chi connectivity index (χ3v) is 10.7. The van der Waals surface area contributed by atoms with Gasteiger partial charge in [-0.15, -0.1) is 0 Å². The number of fused-ring (bicyclic) bond motifs is 6. The summed E-state index contributed by atoms with van der Waals surface area (Å²) in [6.45, 7) is 7.01. The van der Waals surface area contributed by atoms with Gasteiger partial charge in [0, 0.05) is 44.8 Å². The number of allylic oxidation sites excluding steroid dienone is 2. The van der Waals surface area contributed by atoms with Crippen LogP contribution >= 0.6 is 0 Å². The zero-order valence-corrected chi connectivity index (χ0v) is 28.1. The lowest BCUT2D eigenvalue weighted by Gasteiger charge is -2.27. The summed E-state index contributed by atoms with van der Waals surface area (Å²) in [5.41, 5.74) is 12.3. The van der Waals surface area contributed by atoms with E-state index < -0.39 is 0 Å². The van der Waals surface area contributed by atoms with Crippen LogP contribution in [0.2, 0.25) is 0 Å². The maximum Gasteiger partial charge on any atom is 0.0791 e. The van der Waals surface area contributed by atoms with Crippen LogP contribution in [0, 0.1) is 19.8 Å². The zero-order chi connectivity index (χ0) is 33.1. The number of nitrogens with zero attached hydrogens (tertiary/aromatic N) is 3. The predicted molar refractivity (Wildman–Crippen MR) is 206 cm³/mol. The van der Waals surface area contributed by atoms with Gasteiger partial charge in [0.25, 0.3) is 0 Å². The van der Waals surface area contributed by atoms with Gasteiger partial charge in [-0.3, -0.25) is 9.97 Å². The molecule has 0 saturated carbocycles. The second kappa shape index (κ2) is 11.8. The number of pyridine rings is 3. The molecule has 3 nitrogen and oxygen atoms in total. The Labute approximate surface area is 287 Å². The van der Waals surface area contributed by atoms with Crippen LogP contribution in [0.3, 0.4) is 0 Å². The fraction of sp³-hybridized carbons (Fsp3) is 0.152. The van der Waals surface area contributed by atoms with Crippen molar-refractivity contribution in [2.45, 2.75) is 39.5 Å². The summed E-state index contributed by atoms with van der Waals surface area (Å²) in [7, 11) is 0. The molecular weight excluding hydrogens is 595 g/mol. The first-order valence-electron chi connectivity index (χ1n) is 17.4. The maximum atomic E-state index is 5.61. The first-order valence-corrected chi connectivity index (χ1v) is 17.4. The summed E-state index contributed by atoms with van der Waals surface area (Å²) >= 11 is 0. The number of aromatic nitrogens is 3. The Morgan fingerprint density at radius 2 is 1.20 bits per heavy atom. The lowest BCUT2D eigenvalue weighted by Crippen LogP contribution is -2.14. The molecule has 0 aliphatic heterocycles. The van der Waals surface area contributed by atoms with Crippen molar-refractivity contribution in [3.8, 4) is 33.6 Å². The molecule has 2 atom stereocenters. The molecule has 0 saturated heterocycles. The molecular formula is C46H37N3. The Kier molecular flexibility index (Phi) is 7.09. The predicted octanol–water partition coefficient (Wildman–Crippen LogP) is 12.2. The van der Waals surface area contributed by atoms with Gasteiger partial charge < -0.3 is 0 Å². The van der Waals surface area contributed by atoms with E-state index in [0.717, 1.165) is 45.4 Å². The van der Waals surface area contributed by atoms with Crippen molar-refractivity contribution in [1.82, 2.24) is 15.0 Å². The second-order valence-corrected chi connectivity index (χ2v) is 13.6. The molecule has 2 unspecified atom stereocenters. The molecule has 49 heavy (non-hydrogen) atoms. The van der Waals surface area contributed by atoms with E-state index in [0.29, 0.717) is 5.92 Å². The molecule has 0 bridgehead atoms. The number of hydrogen-bond acceptors (Lipinski definition) is 3. The largest absolute Gasteiger partial charge is 0.256 e. The van der Waals surface area contributed by atoms with E-state index in [4.69, 9.17) is 9.97 Å². The number of rotatable bonds is 4. The molecule has 1 aliphatic carbocycles. The van der Waals surface area contributed by atoms with Crippen molar-refractivity contribution < 1.29 is 0 Å². The molecule has 0 fully saturated rings. The smallest absolute Gasteiger partial charge is 0.0791 e. The Morgan fingerprint density at radius 1 is 0.571 bits per heavy atom. The fourth-order valence-corrected chi connectivity index (χ4v) is 8.20. The zero-order valence-electron chi connectivity index (χ0n) is 28.1. The van der Waals surface area contributed by atoms with Crippen molar-refractivity contribution in [3.05, 3.63) is 150 Å². The molecule has 0 amide bonds. The quantitative estimate of drug-likeness (QED) is 0.110. The van der Waals surface area contributed by atoms with E-state index in [1.54, 1.807) is 0 Å². The molecule has 0 N–H and O–H groups in total. The number of aryl methyl sites for hydroxylation is 2. The Balaban J connectivity index is 1.45. The van der Waals surface area contributed by atoms with Crippen molar-refractivity contribution >= 4 is 43.4 Å². The van der Waals surface area contributed by atoms with E-state index in [2.05, 4.69) is 141 Å². The van der Waals surface area contributed by atoms with Gasteiger partial charge in [-0.25, -0.2) is 4.98 Å². The summed E-state index contributed by atoms with van der Waals surface area (Å²) in [5, 5.41) is 7.41. The van der Waals surface area contributed by atoms with Crippen LogP contribution in [-0.2, 0) is 0 Å². The third-order valence-electron chi connectivity index (χ3n) is 10.7.